The highest BCUT2D eigenvalue weighted by atomic mass is 79.9. The molecule has 106 valence electrons. The predicted molar refractivity (Wildman–Crippen MR) is 87.6 cm³/mol. The van der Waals surface area contributed by atoms with Gasteiger partial charge in [0.05, 0.1) is 0 Å². The maximum absolute atomic E-state index is 12.3. The molecule has 20 heavy (non-hydrogen) atoms. The molecule has 2 aromatic rings. The van der Waals surface area contributed by atoms with Crippen LogP contribution in [0.5, 0.6) is 0 Å². The van der Waals surface area contributed by atoms with Crippen molar-refractivity contribution >= 4 is 49.1 Å². The van der Waals surface area contributed by atoms with E-state index in [0.717, 1.165) is 4.90 Å². The van der Waals surface area contributed by atoms with E-state index >= 15 is 0 Å². The Hall–Kier alpha value is -1.18. The molecule has 0 aliphatic rings. The first kappa shape index (κ1) is 15.2. The van der Waals surface area contributed by atoms with E-state index in [1.54, 1.807) is 36.0 Å². The molecule has 0 unspecified atom stereocenters. The van der Waals surface area contributed by atoms with Gasteiger partial charge in [-0.2, -0.15) is 0 Å². The Kier molecular flexibility index (Phi) is 4.62. The van der Waals surface area contributed by atoms with Gasteiger partial charge in [0.1, 0.15) is 4.90 Å². The van der Waals surface area contributed by atoms with Crippen LogP contribution in [-0.4, -0.2) is 14.7 Å². The molecule has 0 radical (unpaired) electrons. The SMILES string of the molecule is CSc1ccc(NS(=O)(=O)c2ccc(N)cc2Br)cc1. The number of nitrogens with one attached hydrogen (secondary N) is 1. The van der Waals surface area contributed by atoms with E-state index < -0.39 is 10.0 Å². The van der Waals surface area contributed by atoms with Crippen molar-refractivity contribution in [3.05, 3.63) is 46.9 Å². The molecule has 0 bridgehead atoms. The Labute approximate surface area is 130 Å². The van der Waals surface area contributed by atoms with Crippen LogP contribution in [0.3, 0.4) is 0 Å². The molecule has 0 atom stereocenters. The van der Waals surface area contributed by atoms with Crippen LogP contribution in [0.15, 0.2) is 56.7 Å². The first-order chi connectivity index (χ1) is 9.42. The summed E-state index contributed by atoms with van der Waals surface area (Å²) in [6, 6.07) is 11.8. The topological polar surface area (TPSA) is 72.2 Å². The molecular weight excluding hydrogens is 360 g/mol. The van der Waals surface area contributed by atoms with Gasteiger partial charge in [0.15, 0.2) is 0 Å². The van der Waals surface area contributed by atoms with Crippen molar-refractivity contribution in [2.45, 2.75) is 9.79 Å². The Morgan fingerprint density at radius 3 is 2.35 bits per heavy atom. The number of benzene rings is 2. The number of hydrogen-bond donors (Lipinski definition) is 2. The van der Waals surface area contributed by atoms with Crippen LogP contribution in [0.2, 0.25) is 0 Å². The van der Waals surface area contributed by atoms with Crippen LogP contribution in [0.1, 0.15) is 0 Å². The number of rotatable bonds is 4. The van der Waals surface area contributed by atoms with Crippen molar-refractivity contribution in [1.82, 2.24) is 0 Å². The van der Waals surface area contributed by atoms with Gasteiger partial charge in [0, 0.05) is 20.7 Å². The summed E-state index contributed by atoms with van der Waals surface area (Å²) in [5.74, 6) is 0. The summed E-state index contributed by atoms with van der Waals surface area (Å²) in [7, 11) is -3.64. The Balaban J connectivity index is 2.30. The molecule has 0 spiro atoms. The van der Waals surface area contributed by atoms with E-state index in [9.17, 15) is 8.42 Å². The van der Waals surface area contributed by atoms with Crippen LogP contribution < -0.4 is 10.5 Å². The van der Waals surface area contributed by atoms with E-state index in [1.165, 1.54) is 6.07 Å². The van der Waals surface area contributed by atoms with Gasteiger partial charge in [-0.3, -0.25) is 4.72 Å². The first-order valence-electron chi connectivity index (χ1n) is 5.64. The smallest absolute Gasteiger partial charge is 0.263 e. The van der Waals surface area contributed by atoms with Crippen molar-refractivity contribution in [2.75, 3.05) is 16.7 Å². The molecule has 7 heteroatoms. The fourth-order valence-corrected chi connectivity index (χ4v) is 4.17. The highest BCUT2D eigenvalue weighted by molar-refractivity contribution is 9.10. The largest absolute Gasteiger partial charge is 0.399 e. The molecule has 0 fully saturated rings. The number of nitrogen functional groups attached to an aromatic ring is 1. The number of anilines is 2. The number of sulfonamides is 1. The van der Waals surface area contributed by atoms with Gasteiger partial charge in [0.2, 0.25) is 0 Å². The molecule has 2 rings (SSSR count). The van der Waals surface area contributed by atoms with Gasteiger partial charge in [0.25, 0.3) is 10.0 Å². The van der Waals surface area contributed by atoms with Crippen LogP contribution in [0, 0.1) is 0 Å². The molecule has 3 N–H and O–H groups in total. The van der Waals surface area contributed by atoms with Gasteiger partial charge in [-0.05, 0) is 64.7 Å². The average molecular weight is 373 g/mol. The Bertz CT molecular complexity index is 716. The highest BCUT2D eigenvalue weighted by Gasteiger charge is 2.17. The third-order valence-corrected chi connectivity index (χ3v) is 5.69. The highest BCUT2D eigenvalue weighted by Crippen LogP contribution is 2.26. The molecular formula is C13H13BrN2O2S2. The van der Waals surface area contributed by atoms with E-state index in [2.05, 4.69) is 20.7 Å². The lowest BCUT2D eigenvalue weighted by Crippen LogP contribution is -2.13. The summed E-state index contributed by atoms with van der Waals surface area (Å²) in [5.41, 5.74) is 6.63. The summed E-state index contributed by atoms with van der Waals surface area (Å²) in [4.78, 5) is 1.22. The third kappa shape index (κ3) is 3.47. The Morgan fingerprint density at radius 1 is 1.15 bits per heavy atom. The van der Waals surface area contributed by atoms with E-state index in [4.69, 9.17) is 5.73 Å². The fraction of sp³-hybridized carbons (Fsp3) is 0.0769. The maximum atomic E-state index is 12.3. The molecule has 0 aliphatic heterocycles. The number of halogens is 1. The normalized spacial score (nSPS) is 11.3. The van der Waals surface area contributed by atoms with Crippen LogP contribution >= 0.6 is 27.7 Å². The van der Waals surface area contributed by atoms with Gasteiger partial charge < -0.3 is 5.73 Å². The summed E-state index contributed by atoms with van der Waals surface area (Å²) in [6.45, 7) is 0. The van der Waals surface area contributed by atoms with Gasteiger partial charge in [-0.1, -0.05) is 0 Å². The number of hydrogen-bond acceptors (Lipinski definition) is 4. The second-order valence-corrected chi connectivity index (χ2v) is 7.41. The minimum absolute atomic E-state index is 0.153. The lowest BCUT2D eigenvalue weighted by Gasteiger charge is -2.10. The molecule has 4 nitrogen and oxygen atoms in total. The summed E-state index contributed by atoms with van der Waals surface area (Å²) >= 11 is 4.81. The van der Waals surface area contributed by atoms with Gasteiger partial charge >= 0.3 is 0 Å². The Morgan fingerprint density at radius 2 is 1.80 bits per heavy atom. The molecule has 0 saturated heterocycles. The monoisotopic (exact) mass is 372 g/mol. The lowest BCUT2D eigenvalue weighted by atomic mass is 10.3. The zero-order chi connectivity index (χ0) is 14.8. The standard InChI is InChI=1S/C13H13BrN2O2S2/c1-19-11-5-3-10(4-6-11)16-20(17,18)13-7-2-9(15)8-12(13)14/h2-8,16H,15H2,1H3. The number of thioether (sulfide) groups is 1. The first-order valence-corrected chi connectivity index (χ1v) is 9.14. The minimum atomic E-state index is -3.64. The van der Waals surface area contributed by atoms with Gasteiger partial charge in [-0.25, -0.2) is 8.42 Å². The van der Waals surface area contributed by atoms with E-state index in [0.29, 0.717) is 15.8 Å². The second-order valence-electron chi connectivity index (χ2n) is 4.02. The van der Waals surface area contributed by atoms with Crippen LogP contribution in [0.25, 0.3) is 0 Å². The van der Waals surface area contributed by atoms with Crippen LogP contribution in [0.4, 0.5) is 11.4 Å². The van der Waals surface area contributed by atoms with Gasteiger partial charge in [-0.15, -0.1) is 11.8 Å². The van der Waals surface area contributed by atoms with E-state index in [1.807, 2.05) is 18.4 Å². The van der Waals surface area contributed by atoms with Crippen molar-refractivity contribution < 1.29 is 8.42 Å². The second kappa shape index (κ2) is 6.07. The van der Waals surface area contributed by atoms with Crippen molar-refractivity contribution in [3.8, 4) is 0 Å². The molecule has 0 saturated carbocycles. The minimum Gasteiger partial charge on any atom is -0.399 e. The number of nitrogens with two attached hydrogens (primary N) is 1. The molecule has 0 amide bonds. The van der Waals surface area contributed by atoms with Crippen molar-refractivity contribution in [2.24, 2.45) is 0 Å². The summed E-state index contributed by atoms with van der Waals surface area (Å²) in [5, 5.41) is 0. The van der Waals surface area contributed by atoms with Crippen LogP contribution in [-0.2, 0) is 10.0 Å². The molecule has 2 aromatic carbocycles. The molecule has 0 heterocycles. The average Bonchev–Trinajstić information content (AvgIpc) is 2.38. The lowest BCUT2D eigenvalue weighted by molar-refractivity contribution is 0.601. The quantitative estimate of drug-likeness (QED) is 0.635. The van der Waals surface area contributed by atoms with Crippen molar-refractivity contribution in [3.63, 3.8) is 0 Å². The fourth-order valence-electron chi connectivity index (χ4n) is 1.60. The van der Waals surface area contributed by atoms with E-state index in [-0.39, 0.29) is 4.90 Å². The zero-order valence-corrected chi connectivity index (χ0v) is 13.8. The summed E-state index contributed by atoms with van der Waals surface area (Å²) < 4.78 is 27.6. The zero-order valence-electron chi connectivity index (χ0n) is 10.6. The summed E-state index contributed by atoms with van der Waals surface area (Å²) in [6.07, 6.45) is 1.96. The predicted octanol–water partition coefficient (Wildman–Crippen LogP) is 3.55. The molecule has 0 aliphatic carbocycles. The van der Waals surface area contributed by atoms with Crippen molar-refractivity contribution in [1.29, 1.82) is 0 Å². The molecule has 0 aromatic heterocycles. The maximum Gasteiger partial charge on any atom is 0.263 e. The third-order valence-electron chi connectivity index (χ3n) is 2.59.